The Morgan fingerprint density at radius 3 is 2.94 bits per heavy atom. The molecule has 3 nitrogen and oxygen atoms in total. The largest absolute Gasteiger partial charge is 0.374 e. The van der Waals surface area contributed by atoms with Crippen molar-refractivity contribution in [3.05, 3.63) is 0 Å². The highest BCUT2D eigenvalue weighted by Crippen LogP contribution is 2.27. The van der Waals surface area contributed by atoms with Gasteiger partial charge < -0.3 is 15.0 Å². The Kier molecular flexibility index (Phi) is 4.62. The summed E-state index contributed by atoms with van der Waals surface area (Å²) in [5.41, 5.74) is 0. The van der Waals surface area contributed by atoms with Crippen molar-refractivity contribution >= 4 is 0 Å². The standard InChI is InChI=1S/C13H26N2O/c1-3-11-4-5-12(8-11)14-9-13-10-15(2)6-7-16-13/h11-14H,3-10H2,1-2H3. The van der Waals surface area contributed by atoms with Crippen molar-refractivity contribution in [2.45, 2.75) is 44.8 Å². The van der Waals surface area contributed by atoms with E-state index >= 15 is 0 Å². The summed E-state index contributed by atoms with van der Waals surface area (Å²) in [7, 11) is 2.18. The lowest BCUT2D eigenvalue weighted by Gasteiger charge is -2.31. The molecule has 0 bridgehead atoms. The summed E-state index contributed by atoms with van der Waals surface area (Å²) in [5.74, 6) is 0.965. The van der Waals surface area contributed by atoms with Crippen LogP contribution in [0.4, 0.5) is 0 Å². The molecule has 0 radical (unpaired) electrons. The fourth-order valence-electron chi connectivity index (χ4n) is 2.92. The third kappa shape index (κ3) is 3.44. The minimum absolute atomic E-state index is 0.402. The molecule has 2 rings (SSSR count). The van der Waals surface area contributed by atoms with Crippen LogP contribution in [0.3, 0.4) is 0 Å². The van der Waals surface area contributed by atoms with Crippen LogP contribution in [-0.4, -0.2) is 50.3 Å². The molecule has 3 unspecified atom stereocenters. The van der Waals surface area contributed by atoms with E-state index in [0.29, 0.717) is 6.10 Å². The molecule has 0 amide bonds. The zero-order valence-electron chi connectivity index (χ0n) is 10.7. The smallest absolute Gasteiger partial charge is 0.0826 e. The molecule has 1 saturated carbocycles. The van der Waals surface area contributed by atoms with Crippen molar-refractivity contribution < 1.29 is 4.74 Å². The molecule has 0 aromatic rings. The third-order valence-electron chi connectivity index (χ3n) is 4.09. The first-order valence-corrected chi connectivity index (χ1v) is 6.81. The van der Waals surface area contributed by atoms with E-state index in [0.717, 1.165) is 38.2 Å². The monoisotopic (exact) mass is 226 g/mol. The maximum Gasteiger partial charge on any atom is 0.0826 e. The number of morpholine rings is 1. The van der Waals surface area contributed by atoms with Gasteiger partial charge in [0.05, 0.1) is 12.7 Å². The third-order valence-corrected chi connectivity index (χ3v) is 4.09. The van der Waals surface area contributed by atoms with Crippen LogP contribution in [0.2, 0.25) is 0 Å². The first kappa shape index (κ1) is 12.3. The zero-order valence-corrected chi connectivity index (χ0v) is 10.7. The van der Waals surface area contributed by atoms with Crippen LogP contribution in [0.15, 0.2) is 0 Å². The van der Waals surface area contributed by atoms with Gasteiger partial charge in [-0.2, -0.15) is 0 Å². The fraction of sp³-hybridized carbons (Fsp3) is 1.00. The molecule has 2 aliphatic rings. The molecule has 0 aromatic carbocycles. The molecule has 2 fully saturated rings. The quantitative estimate of drug-likeness (QED) is 0.786. The lowest BCUT2D eigenvalue weighted by Crippen LogP contribution is -2.46. The predicted octanol–water partition coefficient (Wildman–Crippen LogP) is 1.49. The molecule has 1 aliphatic carbocycles. The van der Waals surface area contributed by atoms with Crippen molar-refractivity contribution in [1.82, 2.24) is 10.2 Å². The molecule has 0 aromatic heterocycles. The van der Waals surface area contributed by atoms with Crippen LogP contribution in [0.1, 0.15) is 32.6 Å². The van der Waals surface area contributed by atoms with E-state index in [1.807, 2.05) is 0 Å². The van der Waals surface area contributed by atoms with Crippen molar-refractivity contribution in [2.24, 2.45) is 5.92 Å². The molecule has 16 heavy (non-hydrogen) atoms. The lowest BCUT2D eigenvalue weighted by molar-refractivity contribution is -0.0192. The molecule has 1 heterocycles. The molecule has 3 atom stereocenters. The number of hydrogen-bond donors (Lipinski definition) is 1. The summed E-state index contributed by atoms with van der Waals surface area (Å²) in [6, 6.07) is 0.751. The van der Waals surface area contributed by atoms with Gasteiger partial charge in [0.25, 0.3) is 0 Å². The van der Waals surface area contributed by atoms with Crippen molar-refractivity contribution in [3.8, 4) is 0 Å². The lowest BCUT2D eigenvalue weighted by atomic mass is 10.1. The molecular formula is C13H26N2O. The van der Waals surface area contributed by atoms with Gasteiger partial charge in [-0.15, -0.1) is 0 Å². The molecule has 0 spiro atoms. The molecule has 1 aliphatic heterocycles. The van der Waals surface area contributed by atoms with Crippen LogP contribution < -0.4 is 5.32 Å². The van der Waals surface area contributed by atoms with E-state index in [1.54, 1.807) is 0 Å². The predicted molar refractivity (Wildman–Crippen MR) is 66.7 cm³/mol. The highest BCUT2D eigenvalue weighted by atomic mass is 16.5. The maximum absolute atomic E-state index is 5.76. The van der Waals surface area contributed by atoms with E-state index in [-0.39, 0.29) is 0 Å². The van der Waals surface area contributed by atoms with Gasteiger partial charge in [0.15, 0.2) is 0 Å². The van der Waals surface area contributed by atoms with Gasteiger partial charge in [0.2, 0.25) is 0 Å². The van der Waals surface area contributed by atoms with Gasteiger partial charge in [0.1, 0.15) is 0 Å². The summed E-state index contributed by atoms with van der Waals surface area (Å²) >= 11 is 0. The Hall–Kier alpha value is -0.120. The summed E-state index contributed by atoms with van der Waals surface area (Å²) in [5, 5.41) is 3.68. The Morgan fingerprint density at radius 2 is 2.25 bits per heavy atom. The molecule has 1 saturated heterocycles. The van der Waals surface area contributed by atoms with E-state index in [2.05, 4.69) is 24.2 Å². The van der Waals surface area contributed by atoms with Gasteiger partial charge in [-0.3, -0.25) is 0 Å². The number of nitrogens with zero attached hydrogens (tertiary/aromatic N) is 1. The van der Waals surface area contributed by atoms with Crippen molar-refractivity contribution in [3.63, 3.8) is 0 Å². The van der Waals surface area contributed by atoms with Gasteiger partial charge in [-0.25, -0.2) is 0 Å². The number of nitrogens with one attached hydrogen (secondary N) is 1. The topological polar surface area (TPSA) is 24.5 Å². The maximum atomic E-state index is 5.76. The van der Waals surface area contributed by atoms with Gasteiger partial charge >= 0.3 is 0 Å². The van der Waals surface area contributed by atoms with Crippen LogP contribution in [-0.2, 0) is 4.74 Å². The molecule has 3 heteroatoms. The Labute approximate surface area is 99.5 Å². The Morgan fingerprint density at radius 1 is 1.38 bits per heavy atom. The summed E-state index contributed by atoms with van der Waals surface area (Å²) in [4.78, 5) is 2.36. The van der Waals surface area contributed by atoms with Crippen molar-refractivity contribution in [1.29, 1.82) is 0 Å². The summed E-state index contributed by atoms with van der Waals surface area (Å²) < 4.78 is 5.76. The highest BCUT2D eigenvalue weighted by molar-refractivity contribution is 4.82. The van der Waals surface area contributed by atoms with Crippen LogP contribution >= 0.6 is 0 Å². The minimum Gasteiger partial charge on any atom is -0.374 e. The molecular weight excluding hydrogens is 200 g/mol. The SMILES string of the molecule is CCC1CCC(NCC2CN(C)CCO2)C1. The van der Waals surface area contributed by atoms with Gasteiger partial charge in [-0.1, -0.05) is 13.3 Å². The second-order valence-electron chi connectivity index (χ2n) is 5.45. The van der Waals surface area contributed by atoms with Gasteiger partial charge in [0, 0.05) is 25.7 Å². The molecule has 1 N–H and O–H groups in total. The number of rotatable bonds is 4. The van der Waals surface area contributed by atoms with E-state index in [1.165, 1.54) is 25.7 Å². The van der Waals surface area contributed by atoms with Crippen LogP contribution in [0.25, 0.3) is 0 Å². The number of ether oxygens (including phenoxy) is 1. The van der Waals surface area contributed by atoms with Crippen molar-refractivity contribution in [2.75, 3.05) is 33.3 Å². The second-order valence-corrected chi connectivity index (χ2v) is 5.45. The normalized spacial score (nSPS) is 36.8. The summed E-state index contributed by atoms with van der Waals surface area (Å²) in [6.07, 6.45) is 5.90. The van der Waals surface area contributed by atoms with Gasteiger partial charge in [-0.05, 0) is 32.2 Å². The summed E-state index contributed by atoms with van der Waals surface area (Å²) in [6.45, 7) is 6.40. The molecule has 94 valence electrons. The second kappa shape index (κ2) is 5.99. The number of hydrogen-bond acceptors (Lipinski definition) is 3. The first-order chi connectivity index (χ1) is 7.78. The average molecular weight is 226 g/mol. The van der Waals surface area contributed by atoms with E-state index < -0.39 is 0 Å². The minimum atomic E-state index is 0.402. The Balaban J connectivity index is 1.64. The average Bonchev–Trinajstić information content (AvgIpc) is 2.74. The van der Waals surface area contributed by atoms with Crippen LogP contribution in [0.5, 0.6) is 0 Å². The first-order valence-electron chi connectivity index (χ1n) is 6.81. The number of likely N-dealkylation sites (N-methyl/N-ethyl adjacent to an activating group) is 1. The highest BCUT2D eigenvalue weighted by Gasteiger charge is 2.24. The zero-order chi connectivity index (χ0) is 11.4. The van der Waals surface area contributed by atoms with E-state index in [4.69, 9.17) is 4.74 Å². The van der Waals surface area contributed by atoms with Crippen LogP contribution in [0, 0.1) is 5.92 Å². The Bertz CT molecular complexity index is 210. The van der Waals surface area contributed by atoms with E-state index in [9.17, 15) is 0 Å². The fourth-order valence-corrected chi connectivity index (χ4v) is 2.92.